The van der Waals surface area contributed by atoms with Gasteiger partial charge in [0.2, 0.25) is 0 Å². The van der Waals surface area contributed by atoms with E-state index < -0.39 is 5.97 Å². The standard InChI is InChI=1S/C30H32ClNO4S/c1-2-7-25-24-14-15-32(30(35)22-8-4-3-5-9-22)20-23(24)11-12-27(25)36-16-6-17-37-28-13-10-21(18-26(28)31)19-29(33)34/h3-5,8-13,18H,2,6-7,14-17,19-20H2,1H3,(H,33,34). The van der Waals surface area contributed by atoms with E-state index in [2.05, 4.69) is 19.1 Å². The average Bonchev–Trinajstić information content (AvgIpc) is 2.90. The zero-order valence-corrected chi connectivity index (χ0v) is 22.6. The molecule has 4 rings (SSSR count). The summed E-state index contributed by atoms with van der Waals surface area (Å²) in [5.41, 5.74) is 5.25. The number of hydrogen-bond acceptors (Lipinski definition) is 4. The molecule has 0 aliphatic carbocycles. The number of fused-ring (bicyclic) bond motifs is 1. The summed E-state index contributed by atoms with van der Waals surface area (Å²) in [6.45, 7) is 4.13. The van der Waals surface area contributed by atoms with Crippen LogP contribution >= 0.6 is 23.4 Å². The third kappa shape index (κ3) is 7.08. The lowest BCUT2D eigenvalue weighted by Gasteiger charge is -2.31. The normalized spacial score (nSPS) is 12.8. The number of rotatable bonds is 11. The summed E-state index contributed by atoms with van der Waals surface area (Å²) >= 11 is 7.99. The maximum atomic E-state index is 12.9. The molecule has 1 N–H and O–H groups in total. The minimum absolute atomic E-state index is 0.0270. The molecule has 0 fully saturated rings. The van der Waals surface area contributed by atoms with Crippen LogP contribution in [-0.4, -0.2) is 40.8 Å². The highest BCUT2D eigenvalue weighted by atomic mass is 35.5. The van der Waals surface area contributed by atoms with Crippen LogP contribution < -0.4 is 4.74 Å². The Morgan fingerprint density at radius 3 is 2.65 bits per heavy atom. The van der Waals surface area contributed by atoms with Crippen LogP contribution in [0.3, 0.4) is 0 Å². The summed E-state index contributed by atoms with van der Waals surface area (Å²) < 4.78 is 6.24. The Balaban J connectivity index is 1.33. The quantitative estimate of drug-likeness (QED) is 0.218. The molecule has 194 valence electrons. The molecule has 0 unspecified atom stereocenters. The lowest BCUT2D eigenvalue weighted by Crippen LogP contribution is -2.36. The first-order chi connectivity index (χ1) is 18.0. The van der Waals surface area contributed by atoms with Gasteiger partial charge in [-0.2, -0.15) is 0 Å². The van der Waals surface area contributed by atoms with Crippen molar-refractivity contribution in [2.45, 2.75) is 50.5 Å². The van der Waals surface area contributed by atoms with Crippen LogP contribution in [0, 0.1) is 0 Å². The molecule has 0 saturated heterocycles. The second kappa shape index (κ2) is 13.0. The zero-order valence-electron chi connectivity index (χ0n) is 21.0. The number of ether oxygens (including phenoxy) is 1. The van der Waals surface area contributed by atoms with E-state index in [0.717, 1.165) is 47.6 Å². The number of benzene rings is 3. The second-order valence-electron chi connectivity index (χ2n) is 9.16. The van der Waals surface area contributed by atoms with Crippen LogP contribution in [0.1, 0.15) is 52.4 Å². The molecule has 0 radical (unpaired) electrons. The molecule has 0 bridgehead atoms. The lowest BCUT2D eigenvalue weighted by molar-refractivity contribution is -0.136. The number of carbonyl (C=O) groups is 2. The first kappa shape index (κ1) is 27.1. The molecule has 1 aliphatic heterocycles. The van der Waals surface area contributed by atoms with Crippen LogP contribution in [0.4, 0.5) is 0 Å². The van der Waals surface area contributed by atoms with Crippen molar-refractivity contribution in [2.75, 3.05) is 18.9 Å². The Hall–Kier alpha value is -2.96. The molecule has 37 heavy (non-hydrogen) atoms. The molecule has 3 aromatic carbocycles. The maximum Gasteiger partial charge on any atom is 0.307 e. The number of carboxylic acids is 1. The van der Waals surface area contributed by atoms with Crippen molar-refractivity contribution in [3.63, 3.8) is 0 Å². The molecule has 5 nitrogen and oxygen atoms in total. The minimum atomic E-state index is -0.865. The van der Waals surface area contributed by atoms with Gasteiger partial charge in [-0.15, -0.1) is 11.8 Å². The second-order valence-corrected chi connectivity index (χ2v) is 10.7. The SMILES string of the molecule is CCCc1c(OCCCSc2ccc(CC(=O)O)cc2Cl)ccc2c1CCN(C(=O)c1ccccc1)C2. The average molecular weight is 538 g/mol. The molecular weight excluding hydrogens is 506 g/mol. The molecule has 0 atom stereocenters. The Bertz CT molecular complexity index is 1250. The Kier molecular flexibility index (Phi) is 9.53. The fourth-order valence-electron chi connectivity index (χ4n) is 4.68. The van der Waals surface area contributed by atoms with E-state index in [0.29, 0.717) is 30.3 Å². The van der Waals surface area contributed by atoms with Gasteiger partial charge in [0.1, 0.15) is 5.75 Å². The van der Waals surface area contributed by atoms with Gasteiger partial charge in [-0.25, -0.2) is 0 Å². The van der Waals surface area contributed by atoms with Gasteiger partial charge in [0, 0.05) is 29.3 Å². The van der Waals surface area contributed by atoms with E-state index in [4.69, 9.17) is 21.4 Å². The summed E-state index contributed by atoms with van der Waals surface area (Å²) in [5.74, 6) is 1.02. The fraction of sp³-hybridized carbons (Fsp3) is 0.333. The first-order valence-electron chi connectivity index (χ1n) is 12.7. The van der Waals surface area contributed by atoms with Gasteiger partial charge in [0.25, 0.3) is 5.91 Å². The summed E-state index contributed by atoms with van der Waals surface area (Å²) in [7, 11) is 0. The minimum Gasteiger partial charge on any atom is -0.493 e. The smallest absolute Gasteiger partial charge is 0.307 e. The van der Waals surface area contributed by atoms with Crippen molar-refractivity contribution in [3.05, 3.63) is 93.5 Å². The van der Waals surface area contributed by atoms with E-state index in [1.54, 1.807) is 17.8 Å². The van der Waals surface area contributed by atoms with Gasteiger partial charge < -0.3 is 14.7 Å². The van der Waals surface area contributed by atoms with E-state index >= 15 is 0 Å². The van der Waals surface area contributed by atoms with Crippen LogP contribution in [0.2, 0.25) is 5.02 Å². The number of carbonyl (C=O) groups excluding carboxylic acids is 1. The van der Waals surface area contributed by atoms with Gasteiger partial charge in [0.15, 0.2) is 0 Å². The highest BCUT2D eigenvalue weighted by Crippen LogP contribution is 2.32. The topological polar surface area (TPSA) is 66.8 Å². The van der Waals surface area contributed by atoms with Crippen molar-refractivity contribution in [1.29, 1.82) is 0 Å². The number of hydrogen-bond donors (Lipinski definition) is 1. The van der Waals surface area contributed by atoms with Crippen LogP contribution in [-0.2, 0) is 30.6 Å². The van der Waals surface area contributed by atoms with Crippen molar-refractivity contribution >= 4 is 35.2 Å². The van der Waals surface area contributed by atoms with Crippen molar-refractivity contribution in [2.24, 2.45) is 0 Å². The Labute approximate surface area is 227 Å². The number of thioether (sulfide) groups is 1. The molecule has 1 heterocycles. The van der Waals surface area contributed by atoms with E-state index in [1.165, 1.54) is 16.7 Å². The highest BCUT2D eigenvalue weighted by molar-refractivity contribution is 7.99. The number of amides is 1. The molecule has 0 aromatic heterocycles. The Morgan fingerprint density at radius 2 is 1.92 bits per heavy atom. The lowest BCUT2D eigenvalue weighted by atomic mass is 9.91. The van der Waals surface area contributed by atoms with Crippen molar-refractivity contribution < 1.29 is 19.4 Å². The summed E-state index contributed by atoms with van der Waals surface area (Å²) in [4.78, 5) is 26.7. The molecular formula is C30H32ClNO4S. The van der Waals surface area contributed by atoms with Gasteiger partial charge >= 0.3 is 5.97 Å². The third-order valence-electron chi connectivity index (χ3n) is 6.44. The van der Waals surface area contributed by atoms with Crippen LogP contribution in [0.15, 0.2) is 65.6 Å². The number of halogens is 1. The third-order valence-corrected chi connectivity index (χ3v) is 8.03. The fourth-order valence-corrected chi connectivity index (χ4v) is 5.89. The number of nitrogens with zero attached hydrogens (tertiary/aromatic N) is 1. The summed E-state index contributed by atoms with van der Waals surface area (Å²) in [6, 6.07) is 19.1. The molecule has 0 spiro atoms. The van der Waals surface area contributed by atoms with E-state index in [9.17, 15) is 9.59 Å². The highest BCUT2D eigenvalue weighted by Gasteiger charge is 2.24. The van der Waals surface area contributed by atoms with Crippen molar-refractivity contribution in [3.8, 4) is 5.75 Å². The van der Waals surface area contributed by atoms with Gasteiger partial charge in [-0.1, -0.05) is 55.3 Å². The van der Waals surface area contributed by atoms with E-state index in [-0.39, 0.29) is 12.3 Å². The zero-order chi connectivity index (χ0) is 26.2. The largest absolute Gasteiger partial charge is 0.493 e. The van der Waals surface area contributed by atoms with Gasteiger partial charge in [-0.05, 0) is 71.8 Å². The predicted molar refractivity (Wildman–Crippen MR) is 149 cm³/mol. The number of carboxylic acid groups (broad SMARTS) is 1. The molecule has 1 aliphatic rings. The predicted octanol–water partition coefficient (Wildman–Crippen LogP) is 6.68. The molecule has 7 heteroatoms. The van der Waals surface area contributed by atoms with Crippen molar-refractivity contribution in [1.82, 2.24) is 4.90 Å². The van der Waals surface area contributed by atoms with Gasteiger partial charge in [0.05, 0.1) is 18.1 Å². The summed E-state index contributed by atoms with van der Waals surface area (Å²) in [5, 5.41) is 9.53. The van der Waals surface area contributed by atoms with Crippen LogP contribution in [0.5, 0.6) is 5.75 Å². The monoisotopic (exact) mass is 537 g/mol. The van der Waals surface area contributed by atoms with Gasteiger partial charge in [-0.3, -0.25) is 9.59 Å². The Morgan fingerprint density at radius 1 is 1.11 bits per heavy atom. The molecule has 3 aromatic rings. The maximum absolute atomic E-state index is 12.9. The van der Waals surface area contributed by atoms with Crippen LogP contribution in [0.25, 0.3) is 0 Å². The summed E-state index contributed by atoms with van der Waals surface area (Å²) in [6.07, 6.45) is 3.66. The van der Waals surface area contributed by atoms with E-state index in [1.807, 2.05) is 47.4 Å². The number of aliphatic carboxylic acids is 1. The molecule has 0 saturated carbocycles. The first-order valence-corrected chi connectivity index (χ1v) is 14.1. The molecule has 1 amide bonds.